The number of aryl methyl sites for hydroxylation is 1. The number of aromatic nitrogens is 1. The van der Waals surface area contributed by atoms with E-state index in [1.54, 1.807) is 4.57 Å². The van der Waals surface area contributed by atoms with E-state index in [0.717, 1.165) is 28.7 Å². The van der Waals surface area contributed by atoms with Crippen LogP contribution in [0.15, 0.2) is 59.4 Å². The number of fused-ring (bicyclic) bond motifs is 1. The molecule has 4 rings (SSSR count). The topological polar surface area (TPSA) is 40.5 Å². The van der Waals surface area contributed by atoms with Gasteiger partial charge in [-0.15, -0.1) is 0 Å². The molecule has 1 saturated heterocycles. The maximum absolute atomic E-state index is 13.7. The maximum atomic E-state index is 13.7. The van der Waals surface area contributed by atoms with Gasteiger partial charge in [-0.3, -0.25) is 9.36 Å². The Hall–Kier alpha value is -2.37. The van der Waals surface area contributed by atoms with Crippen molar-refractivity contribution in [2.45, 2.75) is 52.2 Å². The molecule has 0 unspecified atom stereocenters. The Morgan fingerprint density at radius 2 is 1.57 bits per heavy atom. The van der Waals surface area contributed by atoms with Gasteiger partial charge in [-0.25, -0.2) is 0 Å². The third-order valence-electron chi connectivity index (χ3n) is 6.04. The van der Waals surface area contributed by atoms with Crippen molar-refractivity contribution in [2.24, 2.45) is 0 Å². The van der Waals surface area contributed by atoms with E-state index in [0.29, 0.717) is 5.39 Å². The van der Waals surface area contributed by atoms with Crippen LogP contribution in [0.1, 0.15) is 40.3 Å². The predicted molar refractivity (Wildman–Crippen MR) is 115 cm³/mol. The summed E-state index contributed by atoms with van der Waals surface area (Å²) in [5.74, 6) is 0. The molecule has 0 atom stereocenters. The SMILES string of the molecule is CCc1cc2cccc(B3OC(C)(C)C(C)(C)O3)c2c(=O)n1-c1ccccc1. The van der Waals surface area contributed by atoms with Crippen LogP contribution < -0.4 is 11.0 Å². The van der Waals surface area contributed by atoms with E-state index in [-0.39, 0.29) is 5.56 Å². The van der Waals surface area contributed by atoms with E-state index in [2.05, 4.69) is 13.0 Å². The van der Waals surface area contributed by atoms with Crippen LogP contribution in [0.3, 0.4) is 0 Å². The van der Waals surface area contributed by atoms with E-state index in [1.807, 2.05) is 76.2 Å². The Morgan fingerprint density at radius 1 is 0.929 bits per heavy atom. The van der Waals surface area contributed by atoms with Crippen LogP contribution in [0.4, 0.5) is 0 Å². The van der Waals surface area contributed by atoms with Crippen LogP contribution in [0.25, 0.3) is 16.5 Å². The fourth-order valence-corrected chi connectivity index (χ4v) is 3.73. The Labute approximate surface area is 166 Å². The Bertz CT molecular complexity index is 1070. The summed E-state index contributed by atoms with van der Waals surface area (Å²) in [5, 5.41) is 1.57. The molecule has 1 aromatic heterocycles. The summed E-state index contributed by atoms with van der Waals surface area (Å²) in [4.78, 5) is 13.7. The van der Waals surface area contributed by atoms with Crippen LogP contribution in [0.5, 0.6) is 0 Å². The molecule has 1 fully saturated rings. The number of rotatable bonds is 3. The van der Waals surface area contributed by atoms with Gasteiger partial charge in [-0.1, -0.05) is 43.3 Å². The van der Waals surface area contributed by atoms with Crippen molar-refractivity contribution in [1.29, 1.82) is 0 Å². The van der Waals surface area contributed by atoms with E-state index in [4.69, 9.17) is 9.31 Å². The molecule has 2 aromatic carbocycles. The smallest absolute Gasteiger partial charge is 0.399 e. The summed E-state index contributed by atoms with van der Waals surface area (Å²) in [6.07, 6.45) is 0.765. The van der Waals surface area contributed by atoms with E-state index in [9.17, 15) is 4.79 Å². The number of nitrogens with zero attached hydrogens (tertiary/aromatic N) is 1. The van der Waals surface area contributed by atoms with E-state index < -0.39 is 18.3 Å². The number of benzene rings is 2. The van der Waals surface area contributed by atoms with Crippen molar-refractivity contribution in [1.82, 2.24) is 4.57 Å². The third kappa shape index (κ3) is 2.90. The van der Waals surface area contributed by atoms with Crippen LogP contribution in [-0.4, -0.2) is 22.9 Å². The summed E-state index contributed by atoms with van der Waals surface area (Å²) in [6, 6.07) is 17.8. The predicted octanol–water partition coefficient (Wildman–Crippen LogP) is 3.85. The van der Waals surface area contributed by atoms with Gasteiger partial charge in [0.2, 0.25) is 0 Å². The lowest BCUT2D eigenvalue weighted by Gasteiger charge is -2.32. The van der Waals surface area contributed by atoms with Crippen LogP contribution >= 0.6 is 0 Å². The highest BCUT2D eigenvalue weighted by atomic mass is 16.7. The molecule has 2 heterocycles. The van der Waals surface area contributed by atoms with Gasteiger partial charge in [-0.2, -0.15) is 0 Å². The highest BCUT2D eigenvalue weighted by Gasteiger charge is 2.52. The highest BCUT2D eigenvalue weighted by Crippen LogP contribution is 2.36. The van der Waals surface area contributed by atoms with Crippen LogP contribution in [-0.2, 0) is 15.7 Å². The summed E-state index contributed by atoms with van der Waals surface area (Å²) in [5.41, 5.74) is 1.69. The first-order valence-electron chi connectivity index (χ1n) is 9.84. The summed E-state index contributed by atoms with van der Waals surface area (Å²) in [7, 11) is -0.571. The van der Waals surface area contributed by atoms with Gasteiger partial charge in [0, 0.05) is 16.8 Å². The van der Waals surface area contributed by atoms with Gasteiger partial charge in [0.1, 0.15) is 0 Å². The van der Waals surface area contributed by atoms with Crippen molar-refractivity contribution in [3.8, 4) is 5.69 Å². The Morgan fingerprint density at radius 3 is 2.18 bits per heavy atom. The molecule has 1 aliphatic heterocycles. The number of hydrogen-bond acceptors (Lipinski definition) is 3. The standard InChI is InChI=1S/C23H26BNO3/c1-6-17-15-16-11-10-14-19(24-27-22(2,3)23(4,5)28-24)20(16)21(26)25(17)18-12-8-7-9-13-18/h7-15H,6H2,1-5H3. The molecule has 4 nitrogen and oxygen atoms in total. The average molecular weight is 375 g/mol. The highest BCUT2D eigenvalue weighted by molar-refractivity contribution is 6.65. The monoisotopic (exact) mass is 375 g/mol. The van der Waals surface area contributed by atoms with Crippen molar-refractivity contribution in [3.05, 3.63) is 70.6 Å². The minimum Gasteiger partial charge on any atom is -0.399 e. The zero-order chi connectivity index (χ0) is 20.1. The van der Waals surface area contributed by atoms with Gasteiger partial charge in [0.05, 0.1) is 11.2 Å². The van der Waals surface area contributed by atoms with Crippen LogP contribution in [0.2, 0.25) is 0 Å². The largest absolute Gasteiger partial charge is 0.495 e. The van der Waals surface area contributed by atoms with Crippen LogP contribution in [0, 0.1) is 0 Å². The van der Waals surface area contributed by atoms with E-state index >= 15 is 0 Å². The van der Waals surface area contributed by atoms with Crippen molar-refractivity contribution >= 4 is 23.4 Å². The Kier molecular flexibility index (Phi) is 4.48. The second-order valence-corrected chi connectivity index (χ2v) is 8.37. The summed E-state index contributed by atoms with van der Waals surface area (Å²) >= 11 is 0. The second-order valence-electron chi connectivity index (χ2n) is 8.37. The zero-order valence-corrected chi connectivity index (χ0v) is 17.2. The first kappa shape index (κ1) is 19.0. The minimum absolute atomic E-state index is 0.0362. The molecule has 0 bridgehead atoms. The molecule has 28 heavy (non-hydrogen) atoms. The number of pyridine rings is 1. The van der Waals surface area contributed by atoms with Gasteiger partial charge in [0.25, 0.3) is 5.56 Å². The van der Waals surface area contributed by atoms with Crippen molar-refractivity contribution in [2.75, 3.05) is 0 Å². The van der Waals surface area contributed by atoms with Gasteiger partial charge >= 0.3 is 7.12 Å². The lowest BCUT2D eigenvalue weighted by Crippen LogP contribution is -2.41. The number of hydrogen-bond donors (Lipinski definition) is 0. The molecule has 0 spiro atoms. The Balaban J connectivity index is 1.97. The fraction of sp³-hybridized carbons (Fsp3) is 0.348. The molecule has 3 aromatic rings. The quantitative estimate of drug-likeness (QED) is 0.653. The van der Waals surface area contributed by atoms with Crippen molar-refractivity contribution < 1.29 is 9.31 Å². The molecule has 0 saturated carbocycles. The molecule has 0 aliphatic carbocycles. The third-order valence-corrected chi connectivity index (χ3v) is 6.04. The average Bonchev–Trinajstić information content (AvgIpc) is 2.89. The lowest BCUT2D eigenvalue weighted by molar-refractivity contribution is 0.00578. The minimum atomic E-state index is -0.571. The zero-order valence-electron chi connectivity index (χ0n) is 17.2. The lowest BCUT2D eigenvalue weighted by atomic mass is 9.76. The van der Waals surface area contributed by atoms with E-state index in [1.165, 1.54) is 0 Å². The summed E-state index contributed by atoms with van der Waals surface area (Å²) in [6.45, 7) is 10.2. The van der Waals surface area contributed by atoms with Gasteiger partial charge in [0.15, 0.2) is 0 Å². The molecule has 144 valence electrons. The molecule has 0 amide bonds. The first-order chi connectivity index (χ1) is 13.2. The first-order valence-corrected chi connectivity index (χ1v) is 9.84. The number of para-hydroxylation sites is 1. The normalized spacial score (nSPS) is 18.0. The second kappa shape index (κ2) is 6.61. The fourth-order valence-electron chi connectivity index (χ4n) is 3.73. The molecule has 0 radical (unpaired) electrons. The molecular weight excluding hydrogens is 349 g/mol. The molecule has 0 N–H and O–H groups in total. The molecule has 1 aliphatic rings. The van der Waals surface area contributed by atoms with Gasteiger partial charge < -0.3 is 9.31 Å². The molecular formula is C23H26BNO3. The van der Waals surface area contributed by atoms with Gasteiger partial charge in [-0.05, 0) is 63.2 Å². The van der Waals surface area contributed by atoms with Crippen molar-refractivity contribution in [3.63, 3.8) is 0 Å². The molecule has 5 heteroatoms. The summed E-state index contributed by atoms with van der Waals surface area (Å²) < 4.78 is 14.3. The maximum Gasteiger partial charge on any atom is 0.495 e.